The lowest BCUT2D eigenvalue weighted by Gasteiger charge is -2.21. The van der Waals surface area contributed by atoms with Crippen LogP contribution in [0, 0.1) is 23.7 Å². The van der Waals surface area contributed by atoms with E-state index in [-0.39, 0.29) is 0 Å². The van der Waals surface area contributed by atoms with Gasteiger partial charge in [0.1, 0.15) is 16.9 Å². The van der Waals surface area contributed by atoms with Crippen molar-refractivity contribution in [3.63, 3.8) is 0 Å². The van der Waals surface area contributed by atoms with Gasteiger partial charge in [0.2, 0.25) is 0 Å². The zero-order valence-electron chi connectivity index (χ0n) is 11.5. The normalized spacial score (nSPS) is 16.8. The minimum atomic E-state index is 0.569. The SMILES string of the molecule is C#CCSc1nc(N2CCCC2)c2c(c1C#N)CCC2. The number of nitriles is 1. The molecule has 3 nitrogen and oxygen atoms in total. The van der Waals surface area contributed by atoms with Crippen molar-refractivity contribution in [2.75, 3.05) is 23.7 Å². The second-order valence-electron chi connectivity index (χ2n) is 5.22. The van der Waals surface area contributed by atoms with Crippen LogP contribution in [0.2, 0.25) is 0 Å². The third-order valence-electron chi connectivity index (χ3n) is 4.02. The molecule has 3 rings (SSSR count). The number of aromatic nitrogens is 1. The van der Waals surface area contributed by atoms with Crippen LogP contribution in [0.1, 0.15) is 36.0 Å². The van der Waals surface area contributed by atoms with Gasteiger partial charge in [-0.25, -0.2) is 4.98 Å². The van der Waals surface area contributed by atoms with Gasteiger partial charge in [-0.3, -0.25) is 0 Å². The van der Waals surface area contributed by atoms with Gasteiger partial charge in [0, 0.05) is 13.1 Å². The van der Waals surface area contributed by atoms with Gasteiger partial charge in [0.15, 0.2) is 0 Å². The Morgan fingerprint density at radius 3 is 2.65 bits per heavy atom. The Balaban J connectivity index is 2.08. The molecule has 1 aliphatic heterocycles. The Morgan fingerprint density at radius 1 is 1.20 bits per heavy atom. The average Bonchev–Trinajstić information content (AvgIpc) is 3.14. The molecular weight excluding hydrogens is 266 g/mol. The van der Waals surface area contributed by atoms with Crippen LogP contribution in [0.15, 0.2) is 5.03 Å². The van der Waals surface area contributed by atoms with Gasteiger partial charge in [0.05, 0.1) is 11.3 Å². The summed E-state index contributed by atoms with van der Waals surface area (Å²) in [5.74, 6) is 4.31. The van der Waals surface area contributed by atoms with Crippen molar-refractivity contribution in [3.8, 4) is 18.4 Å². The molecule has 20 heavy (non-hydrogen) atoms. The minimum absolute atomic E-state index is 0.569. The van der Waals surface area contributed by atoms with Crippen LogP contribution in [0.3, 0.4) is 0 Å². The Labute approximate surface area is 124 Å². The zero-order valence-corrected chi connectivity index (χ0v) is 12.3. The van der Waals surface area contributed by atoms with Crippen molar-refractivity contribution in [3.05, 3.63) is 16.7 Å². The predicted molar refractivity (Wildman–Crippen MR) is 82.0 cm³/mol. The van der Waals surface area contributed by atoms with Crippen molar-refractivity contribution in [2.45, 2.75) is 37.1 Å². The lowest BCUT2D eigenvalue weighted by atomic mass is 10.1. The second-order valence-corrected chi connectivity index (χ2v) is 6.19. The van der Waals surface area contributed by atoms with Gasteiger partial charge >= 0.3 is 0 Å². The fourth-order valence-electron chi connectivity index (χ4n) is 3.14. The quantitative estimate of drug-likeness (QED) is 0.632. The first-order valence-corrected chi connectivity index (χ1v) is 8.10. The number of hydrogen-bond donors (Lipinski definition) is 0. The highest BCUT2D eigenvalue weighted by molar-refractivity contribution is 7.99. The number of thioether (sulfide) groups is 1. The maximum atomic E-state index is 9.47. The smallest absolute Gasteiger partial charge is 0.133 e. The topological polar surface area (TPSA) is 39.9 Å². The monoisotopic (exact) mass is 283 g/mol. The zero-order chi connectivity index (χ0) is 13.9. The summed E-state index contributed by atoms with van der Waals surface area (Å²) >= 11 is 1.51. The highest BCUT2D eigenvalue weighted by Gasteiger charge is 2.27. The summed E-state index contributed by atoms with van der Waals surface area (Å²) in [4.78, 5) is 7.19. The molecule has 0 spiro atoms. The number of terminal acetylenes is 1. The van der Waals surface area contributed by atoms with Crippen LogP contribution in [-0.2, 0) is 12.8 Å². The van der Waals surface area contributed by atoms with Crippen molar-refractivity contribution >= 4 is 17.6 Å². The number of anilines is 1. The Morgan fingerprint density at radius 2 is 1.95 bits per heavy atom. The fraction of sp³-hybridized carbons (Fsp3) is 0.500. The van der Waals surface area contributed by atoms with E-state index in [0.29, 0.717) is 5.75 Å². The van der Waals surface area contributed by atoms with E-state index in [2.05, 4.69) is 16.9 Å². The number of nitrogens with zero attached hydrogens (tertiary/aromatic N) is 3. The Kier molecular flexibility index (Phi) is 3.85. The van der Waals surface area contributed by atoms with Crippen LogP contribution in [-0.4, -0.2) is 23.8 Å². The molecule has 0 atom stereocenters. The molecule has 1 aromatic heterocycles. The van der Waals surface area contributed by atoms with E-state index >= 15 is 0 Å². The van der Waals surface area contributed by atoms with Crippen LogP contribution >= 0.6 is 11.8 Å². The summed E-state index contributed by atoms with van der Waals surface area (Å²) < 4.78 is 0. The van der Waals surface area contributed by atoms with Crippen molar-refractivity contribution in [1.82, 2.24) is 4.98 Å². The Hall–Kier alpha value is -1.65. The summed E-state index contributed by atoms with van der Waals surface area (Å²) in [6, 6.07) is 2.35. The molecule has 0 saturated carbocycles. The third kappa shape index (κ3) is 2.25. The first-order chi connectivity index (χ1) is 9.85. The van der Waals surface area contributed by atoms with E-state index in [0.717, 1.165) is 48.8 Å². The van der Waals surface area contributed by atoms with Gasteiger partial charge in [0.25, 0.3) is 0 Å². The molecule has 1 fully saturated rings. The van der Waals surface area contributed by atoms with E-state index in [1.165, 1.54) is 35.7 Å². The Bertz CT molecular complexity index is 604. The molecule has 0 N–H and O–H groups in total. The highest BCUT2D eigenvalue weighted by atomic mass is 32.2. The van der Waals surface area contributed by atoms with Crippen molar-refractivity contribution < 1.29 is 0 Å². The summed E-state index contributed by atoms with van der Waals surface area (Å²) in [6.07, 6.45) is 11.0. The van der Waals surface area contributed by atoms with Gasteiger partial charge in [-0.15, -0.1) is 6.42 Å². The summed E-state index contributed by atoms with van der Waals surface area (Å²) in [5, 5.41) is 10.3. The third-order valence-corrected chi connectivity index (χ3v) is 4.90. The largest absolute Gasteiger partial charge is 0.356 e. The average molecular weight is 283 g/mol. The molecule has 0 bridgehead atoms. The highest BCUT2D eigenvalue weighted by Crippen LogP contribution is 2.37. The first-order valence-electron chi connectivity index (χ1n) is 7.12. The van der Waals surface area contributed by atoms with Crippen LogP contribution < -0.4 is 4.90 Å². The van der Waals surface area contributed by atoms with E-state index in [4.69, 9.17) is 11.4 Å². The lowest BCUT2D eigenvalue weighted by molar-refractivity contribution is 0.883. The summed E-state index contributed by atoms with van der Waals surface area (Å²) in [7, 11) is 0. The molecule has 2 aliphatic rings. The van der Waals surface area contributed by atoms with E-state index < -0.39 is 0 Å². The lowest BCUT2D eigenvalue weighted by Crippen LogP contribution is -2.21. The summed E-state index contributed by atoms with van der Waals surface area (Å²) in [6.45, 7) is 2.18. The molecule has 1 saturated heterocycles. The van der Waals surface area contributed by atoms with E-state index in [1.54, 1.807) is 0 Å². The van der Waals surface area contributed by atoms with Crippen molar-refractivity contribution in [1.29, 1.82) is 5.26 Å². The van der Waals surface area contributed by atoms with Gasteiger partial charge in [-0.05, 0) is 43.2 Å². The number of fused-ring (bicyclic) bond motifs is 1. The predicted octanol–water partition coefficient (Wildman–Crippen LogP) is 2.77. The van der Waals surface area contributed by atoms with E-state index in [1.807, 2.05) is 0 Å². The van der Waals surface area contributed by atoms with Crippen molar-refractivity contribution in [2.24, 2.45) is 0 Å². The van der Waals surface area contributed by atoms with Crippen LogP contribution in [0.5, 0.6) is 0 Å². The van der Waals surface area contributed by atoms with Crippen LogP contribution in [0.25, 0.3) is 0 Å². The molecule has 102 valence electrons. The number of hydrogen-bond acceptors (Lipinski definition) is 4. The van der Waals surface area contributed by atoms with Crippen LogP contribution in [0.4, 0.5) is 5.82 Å². The molecule has 0 aromatic carbocycles. The number of pyridine rings is 1. The second kappa shape index (κ2) is 5.77. The molecule has 0 radical (unpaired) electrons. The molecule has 1 aromatic rings. The number of rotatable bonds is 3. The molecular formula is C16H17N3S. The van der Waals surface area contributed by atoms with Gasteiger partial charge in [-0.1, -0.05) is 17.7 Å². The first kappa shape index (κ1) is 13.3. The van der Waals surface area contributed by atoms with Gasteiger partial charge in [-0.2, -0.15) is 5.26 Å². The molecule has 0 unspecified atom stereocenters. The standard InChI is InChI=1S/C16H17N3S/c1-2-10-20-16-14(11-17)12-6-5-7-13(12)15(18-16)19-8-3-4-9-19/h1H,3-10H2. The maximum absolute atomic E-state index is 9.47. The fourth-order valence-corrected chi connectivity index (χ4v) is 3.82. The van der Waals surface area contributed by atoms with E-state index in [9.17, 15) is 5.26 Å². The molecule has 0 amide bonds. The molecule has 2 heterocycles. The molecule has 4 heteroatoms. The minimum Gasteiger partial charge on any atom is -0.356 e. The van der Waals surface area contributed by atoms with Gasteiger partial charge < -0.3 is 4.90 Å². The maximum Gasteiger partial charge on any atom is 0.133 e. The molecule has 1 aliphatic carbocycles. The summed E-state index contributed by atoms with van der Waals surface area (Å²) in [5.41, 5.74) is 3.30.